The molecule has 0 saturated carbocycles. The van der Waals surface area contributed by atoms with E-state index in [1.165, 1.54) is 12.7 Å². The number of imidazole rings is 1. The van der Waals surface area contributed by atoms with E-state index in [1.54, 1.807) is 9.47 Å². The minimum Gasteiger partial charge on any atom is -0.386 e. The van der Waals surface area contributed by atoms with E-state index >= 15 is 0 Å². The van der Waals surface area contributed by atoms with Crippen LogP contribution in [0.3, 0.4) is 0 Å². The molecule has 0 bridgehead atoms. The van der Waals surface area contributed by atoms with Crippen molar-refractivity contribution in [2.75, 3.05) is 25.6 Å². The molecule has 24 heavy (non-hydrogen) atoms. The van der Waals surface area contributed by atoms with E-state index in [0.717, 1.165) is 0 Å². The summed E-state index contributed by atoms with van der Waals surface area (Å²) in [7, 11) is -0.496. The second kappa shape index (κ2) is 5.45. The van der Waals surface area contributed by atoms with Crippen LogP contribution in [0.15, 0.2) is 12.7 Å². The van der Waals surface area contributed by atoms with Crippen molar-refractivity contribution in [3.05, 3.63) is 12.7 Å². The van der Waals surface area contributed by atoms with Crippen molar-refractivity contribution in [1.82, 2.24) is 19.5 Å². The summed E-state index contributed by atoms with van der Waals surface area (Å²) in [4.78, 5) is 23.9. The zero-order chi connectivity index (χ0) is 17.1. The van der Waals surface area contributed by atoms with Gasteiger partial charge in [0.05, 0.1) is 12.9 Å². The van der Waals surface area contributed by atoms with E-state index in [0.29, 0.717) is 17.0 Å². The normalized spacial score (nSPS) is 36.0. The van der Waals surface area contributed by atoms with Crippen LogP contribution in [0.4, 0.5) is 5.82 Å². The first-order valence-electron chi connectivity index (χ1n) is 7.21. The van der Waals surface area contributed by atoms with E-state index < -0.39 is 32.4 Å². The van der Waals surface area contributed by atoms with Crippen LogP contribution in [0.25, 0.3) is 11.2 Å². The highest BCUT2D eigenvalue weighted by Crippen LogP contribution is 2.52. The zero-order valence-corrected chi connectivity index (χ0v) is 13.8. The van der Waals surface area contributed by atoms with Gasteiger partial charge in [-0.15, -0.1) is 0 Å². The van der Waals surface area contributed by atoms with Gasteiger partial charge in [0.25, 0.3) is 0 Å². The van der Waals surface area contributed by atoms with Crippen LogP contribution in [0.5, 0.6) is 0 Å². The van der Waals surface area contributed by atoms with Crippen LogP contribution in [0, 0.1) is 0 Å². The van der Waals surface area contributed by atoms with E-state index in [2.05, 4.69) is 15.0 Å². The van der Waals surface area contributed by atoms with Gasteiger partial charge in [0, 0.05) is 14.1 Å². The number of hydrogen-bond acceptors (Lipinski definition) is 9. The van der Waals surface area contributed by atoms with Crippen LogP contribution in [-0.4, -0.2) is 68.5 Å². The summed E-state index contributed by atoms with van der Waals surface area (Å²) in [6.45, 7) is -0.142. The average Bonchev–Trinajstić information content (AvgIpc) is 3.08. The van der Waals surface area contributed by atoms with Crippen LogP contribution in [0.1, 0.15) is 6.23 Å². The lowest BCUT2D eigenvalue weighted by molar-refractivity contribution is -0.0664. The molecule has 4 heterocycles. The summed E-state index contributed by atoms with van der Waals surface area (Å²) < 4.78 is 28.5. The number of rotatable bonds is 2. The van der Waals surface area contributed by atoms with Crippen molar-refractivity contribution in [2.24, 2.45) is 0 Å². The van der Waals surface area contributed by atoms with Gasteiger partial charge in [0.2, 0.25) is 0 Å². The monoisotopic (exact) mass is 357 g/mol. The molecule has 2 aromatic rings. The Morgan fingerprint density at radius 1 is 1.38 bits per heavy atom. The molecule has 11 nitrogen and oxygen atoms in total. The Hall–Kier alpha value is -1.62. The minimum atomic E-state index is -4.16. The first-order valence-corrected chi connectivity index (χ1v) is 8.71. The van der Waals surface area contributed by atoms with Crippen molar-refractivity contribution in [3.8, 4) is 0 Å². The molecule has 0 spiro atoms. The molecule has 2 N–H and O–H groups in total. The predicted molar refractivity (Wildman–Crippen MR) is 80.2 cm³/mol. The molecule has 2 aliphatic rings. The fourth-order valence-electron chi connectivity index (χ4n) is 2.92. The maximum atomic E-state index is 11.5. The Morgan fingerprint density at radius 3 is 2.92 bits per heavy atom. The molecule has 130 valence electrons. The van der Waals surface area contributed by atoms with Gasteiger partial charge in [-0.1, -0.05) is 0 Å². The molecule has 2 fully saturated rings. The zero-order valence-electron chi connectivity index (χ0n) is 12.9. The summed E-state index contributed by atoms with van der Waals surface area (Å²) in [5.74, 6) is 0.628. The van der Waals surface area contributed by atoms with Gasteiger partial charge in [0.15, 0.2) is 23.2 Å². The first-order chi connectivity index (χ1) is 11.4. The molecular weight excluding hydrogens is 341 g/mol. The standard InChI is InChI=1S/C12H16N5O6P/c1-16(2)10-7-11(14-4-13-10)17(5-15-7)12-8(18)9-6(22-12)3-21-24(19,20)23-9/h4-6,8-9,12,18H,3H2,1-2H3,(H,19,20)/t6-,8-,9-,12-/m1/s1. The summed E-state index contributed by atoms with van der Waals surface area (Å²) in [5, 5.41) is 10.5. The van der Waals surface area contributed by atoms with Gasteiger partial charge < -0.3 is 19.6 Å². The third-order valence-electron chi connectivity index (χ3n) is 4.00. The fraction of sp³-hybridized carbons (Fsp3) is 0.583. The number of phosphoric acid groups is 1. The number of anilines is 1. The summed E-state index contributed by atoms with van der Waals surface area (Å²) in [5.41, 5.74) is 1.03. The maximum absolute atomic E-state index is 11.5. The number of aliphatic hydroxyl groups is 1. The molecule has 12 heteroatoms. The number of hydrogen-bond donors (Lipinski definition) is 2. The predicted octanol–water partition coefficient (Wildman–Crippen LogP) is -0.334. The highest BCUT2D eigenvalue weighted by Gasteiger charge is 2.52. The fourth-order valence-corrected chi connectivity index (χ4v) is 3.88. The van der Waals surface area contributed by atoms with E-state index in [4.69, 9.17) is 13.8 Å². The second-order valence-corrected chi connectivity index (χ2v) is 7.21. The van der Waals surface area contributed by atoms with Crippen LogP contribution < -0.4 is 4.90 Å². The Kier molecular flexibility index (Phi) is 3.60. The Balaban J connectivity index is 1.71. The number of ether oxygens (including phenoxy) is 1. The van der Waals surface area contributed by atoms with E-state index in [1.807, 2.05) is 14.1 Å². The number of aliphatic hydroxyl groups excluding tert-OH is 1. The molecule has 2 aromatic heterocycles. The van der Waals surface area contributed by atoms with E-state index in [9.17, 15) is 14.6 Å². The van der Waals surface area contributed by atoms with Gasteiger partial charge in [-0.05, 0) is 0 Å². The SMILES string of the molecule is CN(C)c1ncnc2c1ncn2[C@@H]1O[C@@H]2COP(=O)(O)O[C@H]2[C@H]1O. The molecule has 5 atom stereocenters. The molecule has 0 amide bonds. The van der Waals surface area contributed by atoms with Crippen molar-refractivity contribution in [3.63, 3.8) is 0 Å². The Morgan fingerprint density at radius 2 is 2.17 bits per heavy atom. The van der Waals surface area contributed by atoms with Crippen molar-refractivity contribution in [2.45, 2.75) is 24.5 Å². The molecule has 1 unspecified atom stereocenters. The highest BCUT2D eigenvalue weighted by molar-refractivity contribution is 7.47. The summed E-state index contributed by atoms with van der Waals surface area (Å²) in [6, 6.07) is 0. The van der Waals surface area contributed by atoms with Crippen molar-refractivity contribution < 1.29 is 28.3 Å². The van der Waals surface area contributed by atoms with Crippen molar-refractivity contribution in [1.29, 1.82) is 0 Å². The lowest BCUT2D eigenvalue weighted by atomic mass is 10.1. The third kappa shape index (κ3) is 2.41. The highest BCUT2D eigenvalue weighted by atomic mass is 31.2. The smallest absolute Gasteiger partial charge is 0.386 e. The molecule has 4 rings (SSSR count). The minimum absolute atomic E-state index is 0.142. The molecule has 0 aliphatic carbocycles. The molecule has 2 saturated heterocycles. The average molecular weight is 357 g/mol. The van der Waals surface area contributed by atoms with Crippen LogP contribution in [0.2, 0.25) is 0 Å². The van der Waals surface area contributed by atoms with Crippen LogP contribution >= 0.6 is 7.82 Å². The van der Waals surface area contributed by atoms with Crippen molar-refractivity contribution >= 4 is 24.8 Å². The summed E-state index contributed by atoms with van der Waals surface area (Å²) in [6.07, 6.45) is -0.784. The lowest BCUT2D eigenvalue weighted by Gasteiger charge is -2.27. The number of aromatic nitrogens is 4. The van der Waals surface area contributed by atoms with Gasteiger partial charge in [-0.3, -0.25) is 13.6 Å². The topological polar surface area (TPSA) is 132 Å². The van der Waals surface area contributed by atoms with Gasteiger partial charge in [-0.2, -0.15) is 0 Å². The summed E-state index contributed by atoms with van der Waals surface area (Å²) >= 11 is 0. The second-order valence-electron chi connectivity index (χ2n) is 5.81. The third-order valence-corrected chi connectivity index (χ3v) is 4.99. The quantitative estimate of drug-likeness (QED) is 0.688. The van der Waals surface area contributed by atoms with Gasteiger partial charge >= 0.3 is 7.82 Å². The number of nitrogens with zero attached hydrogens (tertiary/aromatic N) is 5. The number of phosphoric ester groups is 1. The molecule has 0 radical (unpaired) electrons. The number of fused-ring (bicyclic) bond motifs is 2. The maximum Gasteiger partial charge on any atom is 0.472 e. The molecular formula is C12H16N5O6P. The molecule has 2 aliphatic heterocycles. The van der Waals surface area contributed by atoms with Gasteiger partial charge in [-0.25, -0.2) is 19.5 Å². The largest absolute Gasteiger partial charge is 0.472 e. The lowest BCUT2D eigenvalue weighted by Crippen LogP contribution is -2.39. The first kappa shape index (κ1) is 15.9. The van der Waals surface area contributed by atoms with E-state index in [-0.39, 0.29) is 6.61 Å². The van der Waals surface area contributed by atoms with Crippen LogP contribution in [-0.2, 0) is 18.3 Å². The Bertz CT molecular complexity index is 827. The molecule has 0 aromatic carbocycles. The van der Waals surface area contributed by atoms with Gasteiger partial charge in [0.1, 0.15) is 24.6 Å². The Labute approximate surface area is 136 Å².